The highest BCUT2D eigenvalue weighted by molar-refractivity contribution is 8.11. The normalized spacial score (nSPS) is 11.7. The van der Waals surface area contributed by atoms with Crippen molar-refractivity contribution >= 4 is 37.0 Å². The minimum Gasteiger partial charge on any atom is -0.371 e. The van der Waals surface area contributed by atoms with Gasteiger partial charge in [-0.1, -0.05) is 147 Å². The van der Waals surface area contributed by atoms with Gasteiger partial charge in [0.2, 0.25) is 0 Å². The molecule has 0 atom stereocenters. The van der Waals surface area contributed by atoms with Crippen LogP contribution in [0.4, 0.5) is 0 Å². The second kappa shape index (κ2) is 26.4. The summed E-state index contributed by atoms with van der Waals surface area (Å²) >= 11 is 8.94. The lowest BCUT2D eigenvalue weighted by molar-refractivity contribution is 0.193. The highest BCUT2D eigenvalue weighted by Gasteiger charge is 2.12. The predicted molar refractivity (Wildman–Crippen MR) is 154 cm³/mol. The van der Waals surface area contributed by atoms with Crippen molar-refractivity contribution in [2.75, 3.05) is 13.2 Å². The van der Waals surface area contributed by atoms with Gasteiger partial charge < -0.3 is 15.1 Å². The molecule has 0 saturated carbocycles. The minimum atomic E-state index is -4.27. The van der Waals surface area contributed by atoms with E-state index in [2.05, 4.69) is 22.5 Å². The summed E-state index contributed by atoms with van der Waals surface area (Å²) in [6, 6.07) is 0. The fourth-order valence-corrected chi connectivity index (χ4v) is 4.90. The molecule has 0 fully saturated rings. The van der Waals surface area contributed by atoms with Gasteiger partial charge in [0.1, 0.15) is 4.32 Å². The standard InChI is InChI=1S/C26H54NO4PS2/c28-32(29,30)31-25-23-21-19-17-15-13-11-9-7-5-3-1-2-4-6-8-10-12-14-16-18-20-22-24-27-26(33)34/h1-25H2,(H2,27,33,34)(H2,28,29,30). The molecule has 0 amide bonds. The summed E-state index contributed by atoms with van der Waals surface area (Å²) in [4.78, 5) is 17.2. The summed E-state index contributed by atoms with van der Waals surface area (Å²) in [6.45, 7) is 1.13. The molecule has 5 nitrogen and oxygen atoms in total. The van der Waals surface area contributed by atoms with Crippen molar-refractivity contribution < 1.29 is 18.9 Å². The first-order chi connectivity index (χ1) is 16.4. The molecule has 0 aliphatic heterocycles. The first-order valence-electron chi connectivity index (χ1n) is 14.1. The van der Waals surface area contributed by atoms with Crippen LogP contribution in [0, 0.1) is 0 Å². The molecule has 0 unspecified atom stereocenters. The third-order valence-electron chi connectivity index (χ3n) is 6.36. The summed E-state index contributed by atoms with van der Waals surface area (Å²) in [5.41, 5.74) is 0. The smallest absolute Gasteiger partial charge is 0.371 e. The summed E-state index contributed by atoms with van der Waals surface area (Å²) < 4.78 is 15.6. The lowest BCUT2D eigenvalue weighted by atomic mass is 10.0. The van der Waals surface area contributed by atoms with Gasteiger partial charge in [-0.25, -0.2) is 4.57 Å². The number of phosphoric acid groups is 1. The van der Waals surface area contributed by atoms with Crippen LogP contribution in [-0.4, -0.2) is 27.3 Å². The second-order valence-electron chi connectivity index (χ2n) is 9.69. The number of rotatable bonds is 27. The van der Waals surface area contributed by atoms with Gasteiger partial charge in [0.15, 0.2) is 0 Å². The van der Waals surface area contributed by atoms with Crippen molar-refractivity contribution in [3.05, 3.63) is 0 Å². The molecule has 0 radical (unpaired) electrons. The molecule has 0 aliphatic carbocycles. The Labute approximate surface area is 221 Å². The zero-order valence-corrected chi connectivity index (χ0v) is 24.3. The topological polar surface area (TPSA) is 78.8 Å². The maximum Gasteiger partial charge on any atom is 0.469 e. The van der Waals surface area contributed by atoms with Crippen molar-refractivity contribution in [2.24, 2.45) is 0 Å². The molecule has 204 valence electrons. The molecule has 0 aromatic carbocycles. The third-order valence-corrected chi connectivity index (χ3v) is 7.18. The minimum absolute atomic E-state index is 0.164. The number of unbranched alkanes of at least 4 members (excludes halogenated alkanes) is 22. The Kier molecular flexibility index (Phi) is 26.7. The average molecular weight is 540 g/mol. The van der Waals surface area contributed by atoms with Crippen LogP contribution in [0.1, 0.15) is 148 Å². The summed E-state index contributed by atoms with van der Waals surface area (Å²) in [5.74, 6) is 0. The first kappa shape index (κ1) is 34.4. The zero-order valence-electron chi connectivity index (χ0n) is 21.7. The van der Waals surface area contributed by atoms with Crippen molar-refractivity contribution in [1.29, 1.82) is 0 Å². The van der Waals surface area contributed by atoms with E-state index in [9.17, 15) is 4.57 Å². The number of thiocarbonyl (C=S) groups is 1. The molecule has 0 rings (SSSR count). The number of hydrogen-bond donors (Lipinski definition) is 4. The highest BCUT2D eigenvalue weighted by Crippen LogP contribution is 2.35. The molecular formula is C26H54NO4PS2. The van der Waals surface area contributed by atoms with Crippen LogP contribution in [0.15, 0.2) is 0 Å². The first-order valence-corrected chi connectivity index (χ1v) is 16.5. The number of thiol groups is 1. The van der Waals surface area contributed by atoms with Crippen molar-refractivity contribution in [1.82, 2.24) is 5.32 Å². The van der Waals surface area contributed by atoms with Gasteiger partial charge in [-0.15, -0.1) is 12.6 Å². The maximum absolute atomic E-state index is 10.5. The van der Waals surface area contributed by atoms with Crippen LogP contribution in [0.25, 0.3) is 0 Å². The Morgan fingerprint density at radius 3 is 1.12 bits per heavy atom. The maximum atomic E-state index is 10.5. The SMILES string of the molecule is O=P(O)(O)OCCCCCCCCCCCCCCCCCCCCCCCCCNC(=S)S. The van der Waals surface area contributed by atoms with Gasteiger partial charge in [0.25, 0.3) is 0 Å². The molecule has 0 bridgehead atoms. The van der Waals surface area contributed by atoms with Crippen LogP contribution in [-0.2, 0) is 9.09 Å². The van der Waals surface area contributed by atoms with E-state index >= 15 is 0 Å². The van der Waals surface area contributed by atoms with Crippen molar-refractivity contribution in [2.45, 2.75) is 148 Å². The fourth-order valence-electron chi connectivity index (χ4n) is 4.32. The van der Waals surface area contributed by atoms with Crippen LogP contribution in [0.5, 0.6) is 0 Å². The van der Waals surface area contributed by atoms with E-state index < -0.39 is 7.82 Å². The van der Waals surface area contributed by atoms with E-state index in [-0.39, 0.29) is 6.61 Å². The molecule has 0 aliphatic rings. The van der Waals surface area contributed by atoms with Gasteiger partial charge in [0, 0.05) is 6.54 Å². The molecule has 0 saturated heterocycles. The quantitative estimate of drug-likeness (QED) is 0.0361. The van der Waals surface area contributed by atoms with Gasteiger partial charge in [-0.3, -0.25) is 4.52 Å². The Balaban J connectivity index is 3.05. The molecule has 0 aromatic rings. The molecule has 0 heterocycles. The van der Waals surface area contributed by atoms with Gasteiger partial charge in [-0.2, -0.15) is 0 Å². The van der Waals surface area contributed by atoms with Crippen LogP contribution >= 0.6 is 32.7 Å². The monoisotopic (exact) mass is 539 g/mol. The summed E-state index contributed by atoms with van der Waals surface area (Å²) in [7, 11) is -4.27. The molecule has 3 N–H and O–H groups in total. The zero-order chi connectivity index (χ0) is 25.2. The predicted octanol–water partition coefficient (Wildman–Crippen LogP) is 8.87. The van der Waals surface area contributed by atoms with Gasteiger partial charge >= 0.3 is 7.82 Å². The summed E-state index contributed by atoms with van der Waals surface area (Å²) in [5, 5.41) is 3.09. The fraction of sp³-hybridized carbons (Fsp3) is 0.962. The van der Waals surface area contributed by atoms with Crippen molar-refractivity contribution in [3.8, 4) is 0 Å². The van der Waals surface area contributed by atoms with E-state index in [4.69, 9.17) is 22.0 Å². The lowest BCUT2D eigenvalue weighted by Gasteiger charge is -2.05. The van der Waals surface area contributed by atoms with Crippen LogP contribution in [0.3, 0.4) is 0 Å². The third kappa shape index (κ3) is 32.4. The second-order valence-corrected chi connectivity index (χ2v) is 12.1. The summed E-state index contributed by atoms with van der Waals surface area (Å²) in [6.07, 6.45) is 30.2. The molecule has 0 spiro atoms. The Bertz CT molecular complexity index is 491. The number of hydrogen-bond acceptors (Lipinski definition) is 3. The van der Waals surface area contributed by atoms with E-state index in [0.717, 1.165) is 25.8 Å². The van der Waals surface area contributed by atoms with Gasteiger partial charge in [-0.05, 0) is 12.8 Å². The van der Waals surface area contributed by atoms with E-state index in [1.807, 2.05) is 0 Å². The molecule has 34 heavy (non-hydrogen) atoms. The van der Waals surface area contributed by atoms with E-state index in [1.54, 1.807) is 0 Å². The molecule has 0 aromatic heterocycles. The number of phosphoric ester groups is 1. The Morgan fingerprint density at radius 1 is 0.588 bits per heavy atom. The lowest BCUT2D eigenvalue weighted by Crippen LogP contribution is -2.17. The van der Waals surface area contributed by atoms with Gasteiger partial charge in [0.05, 0.1) is 6.61 Å². The highest BCUT2D eigenvalue weighted by atomic mass is 32.1. The van der Waals surface area contributed by atoms with Crippen LogP contribution in [0.2, 0.25) is 0 Å². The van der Waals surface area contributed by atoms with E-state index in [0.29, 0.717) is 4.32 Å². The average Bonchev–Trinajstić information content (AvgIpc) is 2.77. The van der Waals surface area contributed by atoms with E-state index in [1.165, 1.54) is 128 Å². The number of nitrogens with one attached hydrogen (secondary N) is 1. The molecular weight excluding hydrogens is 485 g/mol. The van der Waals surface area contributed by atoms with Crippen LogP contribution < -0.4 is 5.32 Å². The Morgan fingerprint density at radius 2 is 0.853 bits per heavy atom. The molecule has 8 heteroatoms. The largest absolute Gasteiger partial charge is 0.469 e. The van der Waals surface area contributed by atoms with Crippen molar-refractivity contribution in [3.63, 3.8) is 0 Å². The Hall–Kier alpha value is 0.350.